The summed E-state index contributed by atoms with van der Waals surface area (Å²) in [6, 6.07) is 23.3. The van der Waals surface area contributed by atoms with Crippen LogP contribution in [0.25, 0.3) is 10.8 Å². The lowest BCUT2D eigenvalue weighted by atomic mass is 10.0. The molecule has 0 aliphatic carbocycles. The van der Waals surface area contributed by atoms with Gasteiger partial charge in [-0.2, -0.15) is 0 Å². The van der Waals surface area contributed by atoms with Gasteiger partial charge in [0, 0.05) is 36.7 Å². The fourth-order valence-corrected chi connectivity index (χ4v) is 3.64. The number of hydrogen-bond donors (Lipinski definition) is 0. The third-order valence-corrected chi connectivity index (χ3v) is 5.48. The third-order valence-electron chi connectivity index (χ3n) is 5.48. The normalized spacial score (nSPS) is 10.7. The van der Waals surface area contributed by atoms with Crippen LogP contribution in [0.15, 0.2) is 79.0 Å². The highest BCUT2D eigenvalue weighted by Gasteiger charge is 2.00. The Morgan fingerprint density at radius 3 is 2.25 bits per heavy atom. The SMILES string of the molecule is COCCCc1ccc(CCc2ccc(C#Cc3ccc4cc(F)ccc4c3)cc2)nc1. The molecule has 0 saturated heterocycles. The van der Waals surface area contributed by atoms with E-state index in [0.29, 0.717) is 0 Å². The molecule has 1 aromatic heterocycles. The number of halogens is 1. The number of nitrogens with zero attached hydrogens (tertiary/aromatic N) is 1. The molecule has 4 rings (SSSR count). The molecule has 4 aromatic rings. The smallest absolute Gasteiger partial charge is 0.123 e. The summed E-state index contributed by atoms with van der Waals surface area (Å²) in [5, 5.41) is 1.88. The maximum absolute atomic E-state index is 13.3. The Bertz CT molecular complexity index is 1230. The zero-order valence-electron chi connectivity index (χ0n) is 18.3. The molecule has 0 N–H and O–H groups in total. The summed E-state index contributed by atoms with van der Waals surface area (Å²) in [5.41, 5.74) is 5.54. The average Bonchev–Trinajstić information content (AvgIpc) is 2.83. The maximum atomic E-state index is 13.3. The van der Waals surface area contributed by atoms with Gasteiger partial charge in [0.25, 0.3) is 0 Å². The molecular formula is C29H26FNO. The molecule has 0 bridgehead atoms. The van der Waals surface area contributed by atoms with Crippen LogP contribution in [-0.4, -0.2) is 18.7 Å². The molecule has 0 unspecified atom stereocenters. The fourth-order valence-electron chi connectivity index (χ4n) is 3.64. The summed E-state index contributed by atoms with van der Waals surface area (Å²) in [6.45, 7) is 0.783. The average molecular weight is 424 g/mol. The first-order valence-corrected chi connectivity index (χ1v) is 10.9. The van der Waals surface area contributed by atoms with E-state index in [9.17, 15) is 4.39 Å². The zero-order valence-corrected chi connectivity index (χ0v) is 18.3. The molecule has 0 spiro atoms. The maximum Gasteiger partial charge on any atom is 0.123 e. The van der Waals surface area contributed by atoms with Crippen LogP contribution < -0.4 is 0 Å². The first-order valence-electron chi connectivity index (χ1n) is 10.9. The number of fused-ring (bicyclic) bond motifs is 1. The molecule has 0 saturated carbocycles. The number of ether oxygens (including phenoxy) is 1. The van der Waals surface area contributed by atoms with E-state index in [-0.39, 0.29) is 5.82 Å². The second kappa shape index (κ2) is 10.7. The van der Waals surface area contributed by atoms with Crippen LogP contribution in [0.1, 0.15) is 34.4 Å². The highest BCUT2D eigenvalue weighted by atomic mass is 19.1. The van der Waals surface area contributed by atoms with E-state index in [1.54, 1.807) is 13.2 Å². The van der Waals surface area contributed by atoms with Crippen LogP contribution >= 0.6 is 0 Å². The molecule has 0 radical (unpaired) electrons. The molecule has 0 atom stereocenters. The standard InChI is InChI=1S/C29H26FNO/c1-32-18-2-3-25-12-17-29(31-21-25)16-11-23-6-4-22(5-7-23)8-9-24-10-13-27-20-28(30)15-14-26(27)19-24/h4-7,10,12-15,17,19-21H,2-3,11,16,18H2,1H3. The summed E-state index contributed by atoms with van der Waals surface area (Å²) in [7, 11) is 1.73. The highest BCUT2D eigenvalue weighted by Crippen LogP contribution is 2.17. The Labute approximate surface area is 189 Å². The molecule has 32 heavy (non-hydrogen) atoms. The van der Waals surface area contributed by atoms with Crippen molar-refractivity contribution in [1.82, 2.24) is 4.98 Å². The van der Waals surface area contributed by atoms with Crippen molar-refractivity contribution in [3.8, 4) is 11.8 Å². The summed E-state index contributed by atoms with van der Waals surface area (Å²) in [6.07, 6.45) is 5.87. The first kappa shape index (κ1) is 21.7. The van der Waals surface area contributed by atoms with Crippen molar-refractivity contribution in [2.75, 3.05) is 13.7 Å². The number of aryl methyl sites for hydroxylation is 3. The number of benzene rings is 3. The van der Waals surface area contributed by atoms with Gasteiger partial charge in [-0.25, -0.2) is 4.39 Å². The van der Waals surface area contributed by atoms with E-state index in [0.717, 1.165) is 59.9 Å². The lowest BCUT2D eigenvalue weighted by Crippen LogP contribution is -1.97. The molecule has 3 aromatic carbocycles. The monoisotopic (exact) mass is 423 g/mol. The van der Waals surface area contributed by atoms with Crippen molar-refractivity contribution in [2.45, 2.75) is 25.7 Å². The molecule has 0 amide bonds. The van der Waals surface area contributed by atoms with Crippen molar-refractivity contribution in [2.24, 2.45) is 0 Å². The Hall–Kier alpha value is -3.48. The van der Waals surface area contributed by atoms with Gasteiger partial charge in [-0.3, -0.25) is 4.98 Å². The molecule has 160 valence electrons. The fraction of sp³-hybridized carbons (Fsp3) is 0.207. The number of hydrogen-bond acceptors (Lipinski definition) is 2. The Morgan fingerprint density at radius 2 is 1.47 bits per heavy atom. The van der Waals surface area contributed by atoms with E-state index in [1.807, 2.05) is 24.4 Å². The Balaban J connectivity index is 1.33. The van der Waals surface area contributed by atoms with Crippen LogP contribution in [-0.2, 0) is 24.0 Å². The van der Waals surface area contributed by atoms with Crippen molar-refractivity contribution in [3.05, 3.63) is 113 Å². The molecule has 0 aliphatic heterocycles. The highest BCUT2D eigenvalue weighted by molar-refractivity contribution is 5.83. The predicted molar refractivity (Wildman–Crippen MR) is 128 cm³/mol. The summed E-state index contributed by atoms with van der Waals surface area (Å²) < 4.78 is 18.4. The van der Waals surface area contributed by atoms with Crippen LogP contribution in [0.2, 0.25) is 0 Å². The van der Waals surface area contributed by atoms with Gasteiger partial charge in [0.05, 0.1) is 0 Å². The second-order valence-electron chi connectivity index (χ2n) is 7.91. The molecule has 2 nitrogen and oxygen atoms in total. The van der Waals surface area contributed by atoms with Crippen LogP contribution in [0.3, 0.4) is 0 Å². The van der Waals surface area contributed by atoms with Crippen molar-refractivity contribution in [1.29, 1.82) is 0 Å². The number of methoxy groups -OCH3 is 1. The van der Waals surface area contributed by atoms with Gasteiger partial charge in [-0.15, -0.1) is 0 Å². The molecule has 1 heterocycles. The van der Waals surface area contributed by atoms with Crippen LogP contribution in [0, 0.1) is 17.7 Å². The van der Waals surface area contributed by atoms with E-state index < -0.39 is 0 Å². The van der Waals surface area contributed by atoms with Gasteiger partial charge in [-0.1, -0.05) is 42.2 Å². The summed E-state index contributed by atoms with van der Waals surface area (Å²) in [5.74, 6) is 6.21. The van der Waals surface area contributed by atoms with E-state index >= 15 is 0 Å². The van der Waals surface area contributed by atoms with Crippen LogP contribution in [0.4, 0.5) is 4.39 Å². The van der Waals surface area contributed by atoms with Gasteiger partial charge >= 0.3 is 0 Å². The lowest BCUT2D eigenvalue weighted by molar-refractivity contribution is 0.195. The van der Waals surface area contributed by atoms with Gasteiger partial charge in [0.1, 0.15) is 5.82 Å². The van der Waals surface area contributed by atoms with Gasteiger partial charge in [-0.05, 0) is 90.0 Å². The lowest BCUT2D eigenvalue weighted by Gasteiger charge is -2.04. The summed E-state index contributed by atoms with van der Waals surface area (Å²) in [4.78, 5) is 4.60. The minimum Gasteiger partial charge on any atom is -0.385 e. The minimum atomic E-state index is -0.220. The van der Waals surface area contributed by atoms with E-state index in [2.05, 4.69) is 53.2 Å². The largest absolute Gasteiger partial charge is 0.385 e. The predicted octanol–water partition coefficient (Wildman–Crippen LogP) is 6.14. The van der Waals surface area contributed by atoms with E-state index in [1.165, 1.54) is 23.3 Å². The topological polar surface area (TPSA) is 22.1 Å². The minimum absolute atomic E-state index is 0.220. The second-order valence-corrected chi connectivity index (χ2v) is 7.91. The third kappa shape index (κ3) is 6.03. The van der Waals surface area contributed by atoms with Crippen molar-refractivity contribution >= 4 is 10.8 Å². The molecule has 0 aliphatic rings. The molecule has 3 heteroatoms. The van der Waals surface area contributed by atoms with E-state index in [4.69, 9.17) is 4.74 Å². The molecular weight excluding hydrogens is 397 g/mol. The first-order chi connectivity index (χ1) is 15.7. The Morgan fingerprint density at radius 1 is 0.750 bits per heavy atom. The van der Waals surface area contributed by atoms with Crippen LogP contribution in [0.5, 0.6) is 0 Å². The zero-order chi connectivity index (χ0) is 22.2. The number of rotatable bonds is 7. The molecule has 0 fully saturated rings. The van der Waals surface area contributed by atoms with Gasteiger partial charge in [0.15, 0.2) is 0 Å². The van der Waals surface area contributed by atoms with Gasteiger partial charge < -0.3 is 4.74 Å². The van der Waals surface area contributed by atoms with Crippen molar-refractivity contribution < 1.29 is 9.13 Å². The quantitative estimate of drug-likeness (QED) is 0.263. The number of aromatic nitrogens is 1. The number of pyridine rings is 1. The van der Waals surface area contributed by atoms with Gasteiger partial charge in [0.2, 0.25) is 0 Å². The summed E-state index contributed by atoms with van der Waals surface area (Å²) >= 11 is 0. The van der Waals surface area contributed by atoms with Crippen molar-refractivity contribution in [3.63, 3.8) is 0 Å². The Kier molecular flexibility index (Phi) is 7.27.